The van der Waals surface area contributed by atoms with E-state index in [0.29, 0.717) is 36.2 Å². The predicted octanol–water partition coefficient (Wildman–Crippen LogP) is 3.84. The van der Waals surface area contributed by atoms with Crippen LogP contribution in [-0.2, 0) is 16.0 Å². The van der Waals surface area contributed by atoms with Crippen LogP contribution in [0, 0.1) is 0 Å². The molecule has 8 nitrogen and oxygen atoms in total. The van der Waals surface area contributed by atoms with Gasteiger partial charge in [-0.2, -0.15) is 0 Å². The summed E-state index contributed by atoms with van der Waals surface area (Å²) in [5, 5.41) is 9.80. The minimum absolute atomic E-state index is 0.155. The number of carbonyl (C=O) groups excluding carboxylic acids is 2. The molecule has 1 unspecified atom stereocenters. The maximum atomic E-state index is 12.0. The summed E-state index contributed by atoms with van der Waals surface area (Å²) >= 11 is 0. The number of fused-ring (bicyclic) bond motifs is 1. The van der Waals surface area contributed by atoms with E-state index in [1.807, 2.05) is 31.2 Å². The fourth-order valence-corrected chi connectivity index (χ4v) is 3.60. The van der Waals surface area contributed by atoms with Crippen molar-refractivity contribution in [2.24, 2.45) is 0 Å². The Labute approximate surface area is 179 Å². The number of rotatable bonds is 7. The van der Waals surface area contributed by atoms with E-state index in [4.69, 9.17) is 14.2 Å². The van der Waals surface area contributed by atoms with Crippen LogP contribution in [-0.4, -0.2) is 42.1 Å². The van der Waals surface area contributed by atoms with Crippen LogP contribution in [0.4, 0.5) is 4.79 Å². The van der Waals surface area contributed by atoms with Gasteiger partial charge in [-0.15, -0.1) is 0 Å². The van der Waals surface area contributed by atoms with Crippen molar-refractivity contribution in [3.63, 3.8) is 0 Å². The molecule has 0 saturated carbocycles. The zero-order valence-electron chi connectivity index (χ0n) is 17.5. The van der Waals surface area contributed by atoms with E-state index in [2.05, 4.69) is 0 Å². The Morgan fingerprint density at radius 1 is 1.19 bits per heavy atom. The van der Waals surface area contributed by atoms with E-state index in [9.17, 15) is 19.5 Å². The second-order valence-corrected chi connectivity index (χ2v) is 6.88. The van der Waals surface area contributed by atoms with Crippen LogP contribution in [0.5, 0.6) is 17.2 Å². The molecule has 0 spiro atoms. The third-order valence-electron chi connectivity index (χ3n) is 4.86. The Kier molecular flexibility index (Phi) is 6.59. The van der Waals surface area contributed by atoms with Gasteiger partial charge in [0.1, 0.15) is 5.75 Å². The Morgan fingerprint density at radius 3 is 2.58 bits per heavy atom. The van der Waals surface area contributed by atoms with Crippen molar-refractivity contribution in [3.05, 3.63) is 59.3 Å². The zero-order chi connectivity index (χ0) is 22.5. The van der Waals surface area contributed by atoms with Crippen molar-refractivity contribution < 1.29 is 33.7 Å². The van der Waals surface area contributed by atoms with Gasteiger partial charge in [0.2, 0.25) is 0 Å². The SMILES string of the molecule is CCOc1cccc(CC2c3cc(OC)c(OC(C)=O)cc3C(C=O)=CN2C(=O)O)c1. The zero-order valence-corrected chi connectivity index (χ0v) is 17.5. The molecule has 0 radical (unpaired) electrons. The highest BCUT2D eigenvalue weighted by Gasteiger charge is 2.33. The number of ether oxygens (including phenoxy) is 3. The number of hydrogen-bond acceptors (Lipinski definition) is 6. The molecule has 1 aliphatic rings. The number of allylic oxidation sites excluding steroid dienone is 1. The van der Waals surface area contributed by atoms with Crippen molar-refractivity contribution in [1.82, 2.24) is 4.90 Å². The number of hydrogen-bond donors (Lipinski definition) is 1. The quantitative estimate of drug-likeness (QED) is 0.408. The first-order chi connectivity index (χ1) is 14.9. The van der Waals surface area contributed by atoms with Crippen LogP contribution >= 0.6 is 0 Å². The van der Waals surface area contributed by atoms with Gasteiger partial charge >= 0.3 is 12.1 Å². The smallest absolute Gasteiger partial charge is 0.411 e. The fraction of sp³-hybridized carbons (Fsp3) is 0.261. The van der Waals surface area contributed by atoms with E-state index in [1.54, 1.807) is 6.07 Å². The summed E-state index contributed by atoms with van der Waals surface area (Å²) in [6, 6.07) is 9.91. The van der Waals surface area contributed by atoms with E-state index in [0.717, 1.165) is 10.5 Å². The first-order valence-electron chi connectivity index (χ1n) is 9.68. The molecule has 1 amide bonds. The number of aldehydes is 1. The molecule has 3 rings (SSSR count). The van der Waals surface area contributed by atoms with Crippen molar-refractivity contribution in [2.75, 3.05) is 13.7 Å². The summed E-state index contributed by atoms with van der Waals surface area (Å²) in [6.07, 6.45) is 1.00. The average Bonchev–Trinajstić information content (AvgIpc) is 2.73. The molecule has 1 aliphatic heterocycles. The normalized spacial score (nSPS) is 14.9. The molecule has 2 aromatic rings. The molecule has 162 valence electrons. The molecule has 0 bridgehead atoms. The first kappa shape index (κ1) is 21.9. The van der Waals surface area contributed by atoms with Crippen LogP contribution < -0.4 is 14.2 Å². The first-order valence-corrected chi connectivity index (χ1v) is 9.68. The van der Waals surface area contributed by atoms with Gasteiger partial charge in [0.05, 0.1) is 19.8 Å². The summed E-state index contributed by atoms with van der Waals surface area (Å²) in [5.41, 5.74) is 2.07. The monoisotopic (exact) mass is 425 g/mol. The molecular formula is C23H23NO7. The second kappa shape index (κ2) is 9.34. The molecular weight excluding hydrogens is 402 g/mol. The number of nitrogens with zero attached hydrogens (tertiary/aromatic N) is 1. The highest BCUT2D eigenvalue weighted by atomic mass is 16.6. The molecule has 8 heteroatoms. The van der Waals surface area contributed by atoms with E-state index in [-0.39, 0.29) is 17.1 Å². The van der Waals surface area contributed by atoms with Crippen molar-refractivity contribution >= 4 is 23.9 Å². The lowest BCUT2D eigenvalue weighted by atomic mass is 9.87. The van der Waals surface area contributed by atoms with Gasteiger partial charge in [-0.3, -0.25) is 14.5 Å². The number of methoxy groups -OCH3 is 1. The number of carbonyl (C=O) groups is 3. The third-order valence-corrected chi connectivity index (χ3v) is 4.86. The highest BCUT2D eigenvalue weighted by molar-refractivity contribution is 6.09. The van der Waals surface area contributed by atoms with Gasteiger partial charge in [0, 0.05) is 18.7 Å². The average molecular weight is 425 g/mol. The fourth-order valence-electron chi connectivity index (χ4n) is 3.60. The Morgan fingerprint density at radius 2 is 1.97 bits per heavy atom. The summed E-state index contributed by atoms with van der Waals surface area (Å²) in [7, 11) is 1.42. The van der Waals surface area contributed by atoms with Gasteiger partial charge in [-0.25, -0.2) is 4.79 Å². The van der Waals surface area contributed by atoms with Crippen LogP contribution in [0.15, 0.2) is 42.6 Å². The van der Waals surface area contributed by atoms with Gasteiger partial charge in [-0.1, -0.05) is 12.1 Å². The summed E-state index contributed by atoms with van der Waals surface area (Å²) in [5.74, 6) is 0.564. The van der Waals surface area contributed by atoms with Crippen molar-refractivity contribution in [3.8, 4) is 17.2 Å². The molecule has 1 atom stereocenters. The maximum Gasteiger partial charge on any atom is 0.411 e. The molecule has 0 saturated heterocycles. The number of carboxylic acid groups (broad SMARTS) is 1. The standard InChI is InChI=1S/C23H23NO7/c1-4-30-17-7-5-6-15(8-17)9-20-19-11-21(29-3)22(31-14(2)26)10-18(19)16(13-25)12-24(20)23(27)28/h5-8,10-13,20H,4,9H2,1-3H3,(H,27,28). The van der Waals surface area contributed by atoms with Crippen molar-refractivity contribution in [2.45, 2.75) is 26.3 Å². The van der Waals surface area contributed by atoms with Gasteiger partial charge in [0.15, 0.2) is 17.8 Å². The number of esters is 1. The molecule has 0 aliphatic carbocycles. The summed E-state index contributed by atoms with van der Waals surface area (Å²) in [4.78, 5) is 36.3. The molecule has 1 N–H and O–H groups in total. The van der Waals surface area contributed by atoms with Crippen LogP contribution in [0.25, 0.3) is 5.57 Å². The summed E-state index contributed by atoms with van der Waals surface area (Å²) < 4.78 is 16.1. The van der Waals surface area contributed by atoms with Gasteiger partial charge in [0.25, 0.3) is 0 Å². The van der Waals surface area contributed by atoms with Gasteiger partial charge < -0.3 is 19.3 Å². The van der Waals surface area contributed by atoms with Crippen molar-refractivity contribution in [1.29, 1.82) is 0 Å². The lowest BCUT2D eigenvalue weighted by Gasteiger charge is -2.33. The third kappa shape index (κ3) is 4.69. The lowest BCUT2D eigenvalue weighted by molar-refractivity contribution is -0.132. The minimum atomic E-state index is -1.20. The molecule has 31 heavy (non-hydrogen) atoms. The second-order valence-electron chi connectivity index (χ2n) is 6.88. The predicted molar refractivity (Wildman–Crippen MR) is 112 cm³/mol. The van der Waals surface area contributed by atoms with Crippen LogP contribution in [0.2, 0.25) is 0 Å². The minimum Gasteiger partial charge on any atom is -0.494 e. The molecule has 0 aromatic heterocycles. The summed E-state index contributed by atoms with van der Waals surface area (Å²) in [6.45, 7) is 3.66. The van der Waals surface area contributed by atoms with E-state index in [1.165, 1.54) is 26.3 Å². The Bertz CT molecular complexity index is 1040. The van der Waals surface area contributed by atoms with Gasteiger partial charge in [-0.05, 0) is 54.3 Å². The highest BCUT2D eigenvalue weighted by Crippen LogP contribution is 2.42. The van der Waals surface area contributed by atoms with E-state index >= 15 is 0 Å². The lowest BCUT2D eigenvalue weighted by Crippen LogP contribution is -2.34. The van der Waals surface area contributed by atoms with E-state index < -0.39 is 18.1 Å². The molecule has 2 aromatic carbocycles. The Balaban J connectivity index is 2.13. The Hall–Kier alpha value is -3.81. The largest absolute Gasteiger partial charge is 0.494 e. The van der Waals surface area contributed by atoms with Crippen LogP contribution in [0.3, 0.4) is 0 Å². The maximum absolute atomic E-state index is 12.0. The number of benzene rings is 2. The topological polar surface area (TPSA) is 102 Å². The number of amides is 1. The van der Waals surface area contributed by atoms with Crippen LogP contribution in [0.1, 0.15) is 36.6 Å². The molecule has 1 heterocycles. The molecule has 0 fully saturated rings.